The van der Waals surface area contributed by atoms with Crippen molar-refractivity contribution in [2.45, 2.75) is 6.18 Å². The summed E-state index contributed by atoms with van der Waals surface area (Å²) in [5, 5.41) is -0.681. The van der Waals surface area contributed by atoms with Crippen molar-refractivity contribution in [1.29, 1.82) is 0 Å². The van der Waals surface area contributed by atoms with Gasteiger partial charge in [0.05, 0.1) is 15.9 Å². The molecule has 0 aliphatic rings. The first-order valence-electron chi connectivity index (χ1n) is 4.25. The van der Waals surface area contributed by atoms with Crippen molar-refractivity contribution in [2.24, 2.45) is 0 Å². The number of nitrogens with zero attached hydrogens (tertiary/aromatic N) is 1. The Morgan fingerprint density at radius 1 is 1.29 bits per heavy atom. The predicted octanol–water partition coefficient (Wildman–Crippen LogP) is 2.73. The second-order valence-electron chi connectivity index (χ2n) is 3.20. The molecule has 8 heteroatoms. The van der Waals surface area contributed by atoms with Gasteiger partial charge in [-0.3, -0.25) is 4.79 Å². The van der Waals surface area contributed by atoms with Crippen LogP contribution in [0.15, 0.2) is 16.9 Å². The lowest BCUT2D eigenvalue weighted by molar-refractivity contribution is -0.144. The lowest BCUT2D eigenvalue weighted by Crippen LogP contribution is -2.19. The minimum Gasteiger partial charge on any atom is -0.302 e. The SMILES string of the molecule is O=c1[nH]c(C(F)(F)F)nc2c(Cl)cc(F)cc12. The normalized spacial score (nSPS) is 12.1. The molecule has 0 aliphatic heterocycles. The van der Waals surface area contributed by atoms with Crippen LogP contribution in [0.3, 0.4) is 0 Å². The summed E-state index contributed by atoms with van der Waals surface area (Å²) >= 11 is 5.53. The summed E-state index contributed by atoms with van der Waals surface area (Å²) in [5.41, 5.74) is -1.48. The maximum Gasteiger partial charge on any atom is 0.449 e. The molecule has 0 amide bonds. The van der Waals surface area contributed by atoms with Crippen LogP contribution in [0.5, 0.6) is 0 Å². The summed E-state index contributed by atoms with van der Waals surface area (Å²) in [4.78, 5) is 16.0. The van der Waals surface area contributed by atoms with Crippen LogP contribution in [0.4, 0.5) is 17.6 Å². The third-order valence-corrected chi connectivity index (χ3v) is 2.28. The highest BCUT2D eigenvalue weighted by Crippen LogP contribution is 2.28. The molecule has 0 saturated heterocycles. The summed E-state index contributed by atoms with van der Waals surface area (Å²) in [7, 11) is 0. The number of aromatic nitrogens is 2. The number of fused-ring (bicyclic) bond motifs is 1. The number of rotatable bonds is 0. The molecule has 2 aromatic rings. The standard InChI is InChI=1S/C9H3ClF4N2O/c10-5-2-3(11)1-4-6(5)15-8(9(12,13)14)16-7(4)17/h1-2H,(H,15,16,17). The van der Waals surface area contributed by atoms with Crippen molar-refractivity contribution < 1.29 is 17.6 Å². The van der Waals surface area contributed by atoms with Crippen LogP contribution in [0.1, 0.15) is 5.82 Å². The minimum atomic E-state index is -4.80. The molecule has 17 heavy (non-hydrogen) atoms. The molecule has 0 aliphatic carbocycles. The van der Waals surface area contributed by atoms with Gasteiger partial charge in [0.15, 0.2) is 0 Å². The monoisotopic (exact) mass is 266 g/mol. The van der Waals surface area contributed by atoms with E-state index in [9.17, 15) is 22.4 Å². The zero-order chi connectivity index (χ0) is 12.8. The first-order valence-corrected chi connectivity index (χ1v) is 4.63. The molecule has 1 aromatic heterocycles. The Hall–Kier alpha value is -1.63. The molecule has 0 unspecified atom stereocenters. The van der Waals surface area contributed by atoms with Crippen LogP contribution >= 0.6 is 11.6 Å². The lowest BCUT2D eigenvalue weighted by Gasteiger charge is -2.07. The highest BCUT2D eigenvalue weighted by atomic mass is 35.5. The van der Waals surface area contributed by atoms with Gasteiger partial charge < -0.3 is 4.98 Å². The van der Waals surface area contributed by atoms with Gasteiger partial charge in [-0.25, -0.2) is 9.37 Å². The van der Waals surface area contributed by atoms with Crippen LogP contribution in [-0.4, -0.2) is 9.97 Å². The van der Waals surface area contributed by atoms with E-state index in [4.69, 9.17) is 11.6 Å². The third kappa shape index (κ3) is 2.10. The molecule has 2 rings (SSSR count). The van der Waals surface area contributed by atoms with Gasteiger partial charge in [-0.1, -0.05) is 11.6 Å². The Balaban J connectivity index is 2.88. The van der Waals surface area contributed by atoms with Crippen molar-refractivity contribution in [3.05, 3.63) is 39.2 Å². The van der Waals surface area contributed by atoms with E-state index >= 15 is 0 Å². The summed E-state index contributed by atoms with van der Waals surface area (Å²) in [5.74, 6) is -2.29. The smallest absolute Gasteiger partial charge is 0.302 e. The maximum atomic E-state index is 12.9. The van der Waals surface area contributed by atoms with E-state index in [1.165, 1.54) is 4.98 Å². The van der Waals surface area contributed by atoms with Crippen LogP contribution in [0, 0.1) is 5.82 Å². The third-order valence-electron chi connectivity index (χ3n) is 2.00. The van der Waals surface area contributed by atoms with Crippen molar-refractivity contribution in [1.82, 2.24) is 9.97 Å². The van der Waals surface area contributed by atoms with E-state index in [1.54, 1.807) is 0 Å². The largest absolute Gasteiger partial charge is 0.449 e. The highest BCUT2D eigenvalue weighted by molar-refractivity contribution is 6.35. The Bertz CT molecular complexity index is 650. The van der Waals surface area contributed by atoms with E-state index in [2.05, 4.69) is 4.98 Å². The van der Waals surface area contributed by atoms with Crippen LogP contribution < -0.4 is 5.56 Å². The molecule has 0 saturated carbocycles. The van der Waals surface area contributed by atoms with Crippen LogP contribution in [0.2, 0.25) is 5.02 Å². The predicted molar refractivity (Wildman–Crippen MR) is 52.3 cm³/mol. The van der Waals surface area contributed by atoms with Gasteiger partial charge in [0.25, 0.3) is 5.56 Å². The Kier molecular flexibility index (Phi) is 2.57. The molecule has 1 aromatic carbocycles. The number of benzene rings is 1. The number of nitrogens with one attached hydrogen (secondary N) is 1. The van der Waals surface area contributed by atoms with Crippen LogP contribution in [0.25, 0.3) is 10.9 Å². The average Bonchev–Trinajstić information content (AvgIpc) is 2.17. The van der Waals surface area contributed by atoms with E-state index in [1.807, 2.05) is 0 Å². The van der Waals surface area contributed by atoms with Gasteiger partial charge in [-0.15, -0.1) is 0 Å². The number of hydrogen-bond acceptors (Lipinski definition) is 2. The first-order chi connectivity index (χ1) is 7.79. The molecule has 90 valence electrons. The fourth-order valence-corrected chi connectivity index (χ4v) is 1.55. The second-order valence-corrected chi connectivity index (χ2v) is 3.60. The summed E-state index contributed by atoms with van der Waals surface area (Å²) in [6, 6.07) is 1.56. The first kappa shape index (κ1) is 11.8. The summed E-state index contributed by atoms with van der Waals surface area (Å²) in [6.45, 7) is 0. The number of halogens is 5. The highest BCUT2D eigenvalue weighted by Gasteiger charge is 2.34. The lowest BCUT2D eigenvalue weighted by atomic mass is 10.2. The topological polar surface area (TPSA) is 45.8 Å². The van der Waals surface area contributed by atoms with E-state index in [0.29, 0.717) is 0 Å². The summed E-state index contributed by atoms with van der Waals surface area (Å²) in [6.07, 6.45) is -4.80. The van der Waals surface area contributed by atoms with E-state index in [-0.39, 0.29) is 15.9 Å². The molecule has 0 spiro atoms. The van der Waals surface area contributed by atoms with Gasteiger partial charge in [0, 0.05) is 0 Å². The van der Waals surface area contributed by atoms with E-state index < -0.39 is 23.4 Å². The summed E-state index contributed by atoms with van der Waals surface area (Å²) < 4.78 is 50.0. The molecular weight excluding hydrogens is 264 g/mol. The Labute approximate surface area is 96.0 Å². The van der Waals surface area contributed by atoms with Gasteiger partial charge in [0.2, 0.25) is 5.82 Å². The zero-order valence-electron chi connectivity index (χ0n) is 7.90. The van der Waals surface area contributed by atoms with Gasteiger partial charge in [-0.2, -0.15) is 13.2 Å². The number of hydrogen-bond donors (Lipinski definition) is 1. The zero-order valence-corrected chi connectivity index (χ0v) is 8.66. The minimum absolute atomic E-state index is 0.331. The fraction of sp³-hybridized carbons (Fsp3) is 0.111. The molecule has 0 fully saturated rings. The number of aromatic amines is 1. The number of H-pyrrole nitrogens is 1. The van der Waals surface area contributed by atoms with Crippen molar-refractivity contribution in [3.8, 4) is 0 Å². The van der Waals surface area contributed by atoms with Gasteiger partial charge in [0.1, 0.15) is 5.82 Å². The molecule has 0 radical (unpaired) electrons. The molecule has 1 heterocycles. The fourth-order valence-electron chi connectivity index (χ4n) is 1.30. The van der Waals surface area contributed by atoms with E-state index in [0.717, 1.165) is 12.1 Å². The maximum absolute atomic E-state index is 12.9. The quantitative estimate of drug-likeness (QED) is 0.745. The molecule has 1 N–H and O–H groups in total. The molecular formula is C9H3ClF4N2O. The van der Waals surface area contributed by atoms with Crippen molar-refractivity contribution in [2.75, 3.05) is 0 Å². The van der Waals surface area contributed by atoms with Gasteiger partial charge in [-0.05, 0) is 12.1 Å². The molecule has 0 atom stereocenters. The van der Waals surface area contributed by atoms with Crippen LogP contribution in [-0.2, 0) is 6.18 Å². The van der Waals surface area contributed by atoms with Crippen molar-refractivity contribution in [3.63, 3.8) is 0 Å². The van der Waals surface area contributed by atoms with Crippen molar-refractivity contribution >= 4 is 22.5 Å². The second kappa shape index (κ2) is 3.69. The molecule has 0 bridgehead atoms. The van der Waals surface area contributed by atoms with Gasteiger partial charge >= 0.3 is 6.18 Å². The average molecular weight is 267 g/mol. The number of alkyl halides is 3. The Morgan fingerprint density at radius 3 is 2.53 bits per heavy atom. The Morgan fingerprint density at radius 2 is 1.94 bits per heavy atom. The molecule has 3 nitrogen and oxygen atoms in total.